The average molecular weight is 155 g/mol. The van der Waals surface area contributed by atoms with E-state index in [4.69, 9.17) is 11.6 Å². The lowest BCUT2D eigenvalue weighted by atomic mass is 10.0. The fourth-order valence-corrected chi connectivity index (χ4v) is 2.05. The van der Waals surface area contributed by atoms with Crippen LogP contribution in [-0.2, 0) is 0 Å². The summed E-state index contributed by atoms with van der Waals surface area (Å²) in [5.74, 6) is 0. The second-order valence-electron chi connectivity index (χ2n) is 3.07. The van der Waals surface area contributed by atoms with Gasteiger partial charge in [0.25, 0.3) is 0 Å². The Labute approximate surface area is 66.6 Å². The number of allylic oxidation sites excluding steroid dienone is 4. The molecule has 0 bridgehead atoms. The molecular weight excluding hydrogens is 144 g/mol. The fraction of sp³-hybridized carbons (Fsp3) is 0.556. The van der Waals surface area contributed by atoms with E-state index in [1.54, 1.807) is 5.57 Å². The first kappa shape index (κ1) is 6.48. The Hall–Kier alpha value is -0.230. The second-order valence-corrected chi connectivity index (χ2v) is 3.56. The number of hydrogen-bond acceptors (Lipinski definition) is 0. The van der Waals surface area contributed by atoms with Gasteiger partial charge in [0.2, 0.25) is 0 Å². The van der Waals surface area contributed by atoms with Gasteiger partial charge < -0.3 is 0 Å². The molecule has 2 aliphatic carbocycles. The summed E-state index contributed by atoms with van der Waals surface area (Å²) in [6, 6.07) is 0. The smallest absolute Gasteiger partial charge is 0.0186 e. The minimum atomic E-state index is 1.06. The van der Waals surface area contributed by atoms with Crippen molar-refractivity contribution in [3.8, 4) is 0 Å². The standard InChI is InChI=1S/C9H11Cl/c10-9-5-4-7-2-1-3-8(7)6-9/h6H,1-5H2. The molecule has 0 unspecified atom stereocenters. The van der Waals surface area contributed by atoms with E-state index in [0.29, 0.717) is 0 Å². The number of halogens is 1. The van der Waals surface area contributed by atoms with Gasteiger partial charge in [0.15, 0.2) is 0 Å². The number of rotatable bonds is 0. The third kappa shape index (κ3) is 1.01. The van der Waals surface area contributed by atoms with Gasteiger partial charge >= 0.3 is 0 Å². The molecule has 0 heterocycles. The van der Waals surface area contributed by atoms with E-state index in [0.717, 1.165) is 11.5 Å². The highest BCUT2D eigenvalue weighted by Crippen LogP contribution is 2.36. The Bertz CT molecular complexity index is 211. The molecule has 2 aliphatic rings. The molecule has 0 saturated heterocycles. The zero-order valence-electron chi connectivity index (χ0n) is 5.99. The van der Waals surface area contributed by atoms with Crippen molar-refractivity contribution in [2.75, 3.05) is 0 Å². The summed E-state index contributed by atoms with van der Waals surface area (Å²) < 4.78 is 0. The van der Waals surface area contributed by atoms with Gasteiger partial charge in [-0.2, -0.15) is 0 Å². The number of hydrogen-bond donors (Lipinski definition) is 0. The van der Waals surface area contributed by atoms with E-state index in [9.17, 15) is 0 Å². The van der Waals surface area contributed by atoms with E-state index >= 15 is 0 Å². The molecule has 2 rings (SSSR count). The van der Waals surface area contributed by atoms with Crippen LogP contribution >= 0.6 is 11.6 Å². The molecule has 0 radical (unpaired) electrons. The van der Waals surface area contributed by atoms with Gasteiger partial charge in [0.1, 0.15) is 0 Å². The van der Waals surface area contributed by atoms with Crippen molar-refractivity contribution in [3.63, 3.8) is 0 Å². The van der Waals surface area contributed by atoms with Crippen molar-refractivity contribution in [3.05, 3.63) is 22.3 Å². The minimum Gasteiger partial charge on any atom is -0.0891 e. The Morgan fingerprint density at radius 2 is 2.00 bits per heavy atom. The molecule has 0 saturated carbocycles. The highest BCUT2D eigenvalue weighted by molar-refractivity contribution is 6.29. The van der Waals surface area contributed by atoms with Crippen LogP contribution in [0, 0.1) is 0 Å². The molecule has 0 N–H and O–H groups in total. The second kappa shape index (κ2) is 2.43. The third-order valence-corrected chi connectivity index (χ3v) is 2.67. The first-order valence-corrected chi connectivity index (χ1v) is 4.31. The van der Waals surface area contributed by atoms with Crippen LogP contribution in [0.2, 0.25) is 0 Å². The molecule has 1 heteroatoms. The molecule has 0 fully saturated rings. The Balaban J connectivity index is 2.29. The predicted molar refractivity (Wildman–Crippen MR) is 44.0 cm³/mol. The van der Waals surface area contributed by atoms with Gasteiger partial charge in [-0.1, -0.05) is 17.2 Å². The summed E-state index contributed by atoms with van der Waals surface area (Å²) in [6.45, 7) is 0. The van der Waals surface area contributed by atoms with Crippen molar-refractivity contribution in [2.45, 2.75) is 32.1 Å². The van der Waals surface area contributed by atoms with Crippen LogP contribution in [0.1, 0.15) is 32.1 Å². The van der Waals surface area contributed by atoms with E-state index < -0.39 is 0 Å². The molecule has 0 nitrogen and oxygen atoms in total. The van der Waals surface area contributed by atoms with Crippen LogP contribution in [0.15, 0.2) is 22.3 Å². The quantitative estimate of drug-likeness (QED) is 0.502. The predicted octanol–water partition coefficient (Wildman–Crippen LogP) is 3.38. The summed E-state index contributed by atoms with van der Waals surface area (Å²) in [7, 11) is 0. The lowest BCUT2D eigenvalue weighted by molar-refractivity contribution is 0.854. The van der Waals surface area contributed by atoms with Gasteiger partial charge in [-0.15, -0.1) is 0 Å². The third-order valence-electron chi connectivity index (χ3n) is 2.38. The Kier molecular flexibility index (Phi) is 1.57. The molecule has 0 aliphatic heterocycles. The Morgan fingerprint density at radius 3 is 2.90 bits per heavy atom. The lowest BCUT2D eigenvalue weighted by Crippen LogP contribution is -1.89. The zero-order chi connectivity index (χ0) is 6.97. The van der Waals surface area contributed by atoms with Crippen LogP contribution in [0.25, 0.3) is 0 Å². The zero-order valence-corrected chi connectivity index (χ0v) is 6.75. The van der Waals surface area contributed by atoms with E-state index in [-0.39, 0.29) is 0 Å². The monoisotopic (exact) mass is 154 g/mol. The largest absolute Gasteiger partial charge is 0.0891 e. The molecule has 0 amide bonds. The average Bonchev–Trinajstić information content (AvgIpc) is 2.33. The van der Waals surface area contributed by atoms with Gasteiger partial charge in [0.05, 0.1) is 0 Å². The SMILES string of the molecule is ClC1=CC2=C(CCC2)CC1. The van der Waals surface area contributed by atoms with Crippen LogP contribution in [0.5, 0.6) is 0 Å². The summed E-state index contributed by atoms with van der Waals surface area (Å²) in [4.78, 5) is 0. The highest BCUT2D eigenvalue weighted by Gasteiger charge is 2.16. The molecule has 0 aromatic heterocycles. The van der Waals surface area contributed by atoms with Crippen molar-refractivity contribution < 1.29 is 0 Å². The molecule has 0 aromatic carbocycles. The van der Waals surface area contributed by atoms with Crippen molar-refractivity contribution in [1.29, 1.82) is 0 Å². The van der Waals surface area contributed by atoms with Crippen LogP contribution in [0.4, 0.5) is 0 Å². The molecule has 0 aromatic rings. The maximum Gasteiger partial charge on any atom is 0.0186 e. The van der Waals surface area contributed by atoms with Crippen molar-refractivity contribution >= 4 is 11.6 Å². The maximum absolute atomic E-state index is 5.91. The van der Waals surface area contributed by atoms with Crippen LogP contribution in [0.3, 0.4) is 0 Å². The van der Waals surface area contributed by atoms with E-state index in [1.165, 1.54) is 31.3 Å². The minimum absolute atomic E-state index is 1.06. The van der Waals surface area contributed by atoms with Crippen LogP contribution in [-0.4, -0.2) is 0 Å². The highest BCUT2D eigenvalue weighted by atomic mass is 35.5. The lowest BCUT2D eigenvalue weighted by Gasteiger charge is -2.09. The van der Waals surface area contributed by atoms with Crippen LogP contribution < -0.4 is 0 Å². The van der Waals surface area contributed by atoms with Gasteiger partial charge in [-0.05, 0) is 43.8 Å². The molecular formula is C9H11Cl. The first-order chi connectivity index (χ1) is 4.86. The van der Waals surface area contributed by atoms with Gasteiger partial charge in [-0.25, -0.2) is 0 Å². The van der Waals surface area contributed by atoms with Crippen molar-refractivity contribution in [2.24, 2.45) is 0 Å². The van der Waals surface area contributed by atoms with E-state index in [1.807, 2.05) is 0 Å². The van der Waals surface area contributed by atoms with Gasteiger partial charge in [0, 0.05) is 5.03 Å². The summed E-state index contributed by atoms with van der Waals surface area (Å²) in [6.07, 6.45) is 8.44. The molecule has 54 valence electrons. The maximum atomic E-state index is 5.91. The summed E-state index contributed by atoms with van der Waals surface area (Å²) in [5.41, 5.74) is 3.21. The fourth-order valence-electron chi connectivity index (χ4n) is 1.82. The summed E-state index contributed by atoms with van der Waals surface area (Å²) >= 11 is 5.91. The molecule has 10 heavy (non-hydrogen) atoms. The normalized spacial score (nSPS) is 24.7. The Morgan fingerprint density at radius 1 is 1.10 bits per heavy atom. The van der Waals surface area contributed by atoms with E-state index in [2.05, 4.69) is 6.08 Å². The summed E-state index contributed by atoms with van der Waals surface area (Å²) in [5, 5.41) is 1.06. The topological polar surface area (TPSA) is 0 Å². The van der Waals surface area contributed by atoms with Gasteiger partial charge in [-0.3, -0.25) is 0 Å². The molecule has 0 atom stereocenters. The van der Waals surface area contributed by atoms with Crippen molar-refractivity contribution in [1.82, 2.24) is 0 Å². The molecule has 0 spiro atoms. The first-order valence-electron chi connectivity index (χ1n) is 3.93.